The maximum atomic E-state index is 13.3. The molecule has 1 amide bonds. The maximum Gasteiger partial charge on any atom is 0.237 e. The number of rotatable bonds is 5. The average molecular weight is 256 g/mol. The molecule has 0 aliphatic heterocycles. The van der Waals surface area contributed by atoms with Crippen molar-refractivity contribution in [3.63, 3.8) is 0 Å². The quantitative estimate of drug-likeness (QED) is 0.845. The summed E-state index contributed by atoms with van der Waals surface area (Å²) in [5.74, 6) is -1.14. The fourth-order valence-electron chi connectivity index (χ4n) is 1.44. The second-order valence-electron chi connectivity index (χ2n) is 4.50. The van der Waals surface area contributed by atoms with Gasteiger partial charge in [0.15, 0.2) is 0 Å². The highest BCUT2D eigenvalue weighted by Gasteiger charge is 2.13. The van der Waals surface area contributed by atoms with Gasteiger partial charge < -0.3 is 10.6 Å². The van der Waals surface area contributed by atoms with Gasteiger partial charge in [-0.05, 0) is 39.0 Å². The van der Waals surface area contributed by atoms with E-state index in [9.17, 15) is 13.6 Å². The summed E-state index contributed by atoms with van der Waals surface area (Å²) in [5.41, 5.74) is 0.208. The minimum Gasteiger partial charge on any atom is -0.353 e. The number of amides is 1. The number of carbonyl (C=O) groups excluding carboxylic acids is 1. The Bertz CT molecular complexity index is 421. The lowest BCUT2D eigenvalue weighted by molar-refractivity contribution is -0.123. The van der Waals surface area contributed by atoms with E-state index in [1.807, 2.05) is 13.8 Å². The summed E-state index contributed by atoms with van der Waals surface area (Å²) in [6, 6.07) is 2.84. The first-order valence-electron chi connectivity index (χ1n) is 5.88. The molecule has 1 aromatic carbocycles. The third-order valence-electron chi connectivity index (χ3n) is 2.43. The van der Waals surface area contributed by atoms with Crippen molar-refractivity contribution in [2.75, 3.05) is 0 Å². The van der Waals surface area contributed by atoms with Gasteiger partial charge in [-0.2, -0.15) is 0 Å². The summed E-state index contributed by atoms with van der Waals surface area (Å²) >= 11 is 0. The molecule has 0 saturated carbocycles. The van der Waals surface area contributed by atoms with Gasteiger partial charge in [-0.15, -0.1) is 0 Å². The van der Waals surface area contributed by atoms with Crippen molar-refractivity contribution in [1.29, 1.82) is 0 Å². The van der Waals surface area contributed by atoms with Crippen LogP contribution in [0.4, 0.5) is 8.78 Å². The third kappa shape index (κ3) is 4.41. The van der Waals surface area contributed by atoms with Crippen molar-refractivity contribution in [3.8, 4) is 0 Å². The summed E-state index contributed by atoms with van der Waals surface area (Å²) < 4.78 is 26.3. The molecule has 0 radical (unpaired) electrons. The Labute approximate surface area is 106 Å². The van der Waals surface area contributed by atoms with Gasteiger partial charge >= 0.3 is 0 Å². The van der Waals surface area contributed by atoms with Crippen molar-refractivity contribution in [1.82, 2.24) is 10.6 Å². The van der Waals surface area contributed by atoms with Crippen LogP contribution < -0.4 is 10.6 Å². The SMILES string of the molecule is CC(C)NC(=O)C(C)NCc1cc(F)ccc1F. The Morgan fingerprint density at radius 3 is 2.56 bits per heavy atom. The molecule has 0 saturated heterocycles. The second kappa shape index (κ2) is 6.44. The van der Waals surface area contributed by atoms with Gasteiger partial charge in [0.1, 0.15) is 11.6 Å². The first-order chi connectivity index (χ1) is 8.40. The van der Waals surface area contributed by atoms with E-state index in [2.05, 4.69) is 10.6 Å². The van der Waals surface area contributed by atoms with E-state index in [4.69, 9.17) is 0 Å². The molecule has 0 fully saturated rings. The zero-order chi connectivity index (χ0) is 13.7. The molecule has 3 nitrogen and oxygen atoms in total. The van der Waals surface area contributed by atoms with Gasteiger partial charge in [0.25, 0.3) is 0 Å². The van der Waals surface area contributed by atoms with Crippen molar-refractivity contribution in [2.45, 2.75) is 39.4 Å². The zero-order valence-corrected chi connectivity index (χ0v) is 10.8. The van der Waals surface area contributed by atoms with Crippen LogP contribution in [0, 0.1) is 11.6 Å². The van der Waals surface area contributed by atoms with Gasteiger partial charge in [-0.3, -0.25) is 4.79 Å². The number of hydrogen-bond donors (Lipinski definition) is 2. The van der Waals surface area contributed by atoms with Crippen molar-refractivity contribution in [3.05, 3.63) is 35.4 Å². The minimum atomic E-state index is -0.493. The molecule has 100 valence electrons. The van der Waals surface area contributed by atoms with Gasteiger partial charge in [-0.1, -0.05) is 0 Å². The molecule has 0 bridgehead atoms. The van der Waals surface area contributed by atoms with Crippen LogP contribution in [0.25, 0.3) is 0 Å². The first-order valence-corrected chi connectivity index (χ1v) is 5.88. The van der Waals surface area contributed by atoms with Crippen molar-refractivity contribution >= 4 is 5.91 Å². The summed E-state index contributed by atoms with van der Waals surface area (Å²) in [4.78, 5) is 11.6. The normalized spacial score (nSPS) is 12.6. The highest BCUT2D eigenvalue weighted by atomic mass is 19.1. The Hall–Kier alpha value is -1.49. The molecule has 1 aromatic rings. The van der Waals surface area contributed by atoms with E-state index in [0.717, 1.165) is 18.2 Å². The van der Waals surface area contributed by atoms with Crippen LogP contribution in [-0.2, 0) is 11.3 Å². The minimum absolute atomic E-state index is 0.0488. The van der Waals surface area contributed by atoms with E-state index < -0.39 is 17.7 Å². The molecule has 1 atom stereocenters. The Balaban J connectivity index is 2.54. The molecule has 1 unspecified atom stereocenters. The molecule has 0 aliphatic rings. The molecule has 0 heterocycles. The molecule has 0 aromatic heterocycles. The Morgan fingerprint density at radius 2 is 1.94 bits per heavy atom. The highest BCUT2D eigenvalue weighted by Crippen LogP contribution is 2.09. The predicted octanol–water partition coefficient (Wildman–Crippen LogP) is 1.97. The Morgan fingerprint density at radius 1 is 1.28 bits per heavy atom. The van der Waals surface area contributed by atoms with Crippen LogP contribution in [0.5, 0.6) is 0 Å². The number of nitrogens with one attached hydrogen (secondary N) is 2. The monoisotopic (exact) mass is 256 g/mol. The van der Waals surface area contributed by atoms with Crippen LogP contribution in [-0.4, -0.2) is 18.0 Å². The van der Waals surface area contributed by atoms with Gasteiger partial charge in [0.05, 0.1) is 6.04 Å². The number of halogens is 2. The smallest absolute Gasteiger partial charge is 0.237 e. The van der Waals surface area contributed by atoms with E-state index in [0.29, 0.717) is 0 Å². The van der Waals surface area contributed by atoms with Crippen LogP contribution >= 0.6 is 0 Å². The molecule has 0 aliphatic carbocycles. The molecule has 0 spiro atoms. The van der Waals surface area contributed by atoms with Crippen LogP contribution in [0.1, 0.15) is 26.3 Å². The van der Waals surface area contributed by atoms with E-state index in [-0.39, 0.29) is 24.1 Å². The van der Waals surface area contributed by atoms with Crippen molar-refractivity contribution in [2.24, 2.45) is 0 Å². The first kappa shape index (κ1) is 14.6. The van der Waals surface area contributed by atoms with E-state index >= 15 is 0 Å². The summed E-state index contributed by atoms with van der Waals surface area (Å²) in [7, 11) is 0. The predicted molar refractivity (Wildman–Crippen MR) is 65.9 cm³/mol. The molecular formula is C13H18F2N2O. The lowest BCUT2D eigenvalue weighted by Gasteiger charge is -2.16. The second-order valence-corrected chi connectivity index (χ2v) is 4.50. The molecule has 5 heteroatoms. The summed E-state index contributed by atoms with van der Waals surface area (Å²) in [5, 5.41) is 5.59. The average Bonchev–Trinajstić information content (AvgIpc) is 2.29. The molecular weight excluding hydrogens is 238 g/mol. The number of benzene rings is 1. The van der Waals surface area contributed by atoms with Crippen LogP contribution in [0.3, 0.4) is 0 Å². The lowest BCUT2D eigenvalue weighted by Crippen LogP contribution is -2.44. The molecule has 2 N–H and O–H groups in total. The molecule has 1 rings (SSSR count). The van der Waals surface area contributed by atoms with Gasteiger partial charge in [0.2, 0.25) is 5.91 Å². The van der Waals surface area contributed by atoms with Gasteiger partial charge in [0, 0.05) is 18.2 Å². The van der Waals surface area contributed by atoms with E-state index in [1.54, 1.807) is 6.92 Å². The topological polar surface area (TPSA) is 41.1 Å². The maximum absolute atomic E-state index is 13.3. The Kier molecular flexibility index (Phi) is 5.22. The van der Waals surface area contributed by atoms with Crippen LogP contribution in [0.2, 0.25) is 0 Å². The van der Waals surface area contributed by atoms with E-state index in [1.165, 1.54) is 0 Å². The fourth-order valence-corrected chi connectivity index (χ4v) is 1.44. The fraction of sp³-hybridized carbons (Fsp3) is 0.462. The third-order valence-corrected chi connectivity index (χ3v) is 2.43. The standard InChI is InChI=1S/C13H18F2N2O/c1-8(2)17-13(18)9(3)16-7-10-6-11(14)4-5-12(10)15/h4-6,8-9,16H,7H2,1-3H3,(H,17,18). The number of hydrogen-bond acceptors (Lipinski definition) is 2. The lowest BCUT2D eigenvalue weighted by atomic mass is 10.2. The number of carbonyl (C=O) groups is 1. The largest absolute Gasteiger partial charge is 0.353 e. The highest BCUT2D eigenvalue weighted by molar-refractivity contribution is 5.81. The van der Waals surface area contributed by atoms with Crippen molar-refractivity contribution < 1.29 is 13.6 Å². The molecule has 18 heavy (non-hydrogen) atoms. The zero-order valence-electron chi connectivity index (χ0n) is 10.8. The summed E-state index contributed by atoms with van der Waals surface area (Å²) in [6.45, 7) is 5.50. The van der Waals surface area contributed by atoms with Crippen LogP contribution in [0.15, 0.2) is 18.2 Å². The summed E-state index contributed by atoms with van der Waals surface area (Å²) in [6.07, 6.45) is 0. The van der Waals surface area contributed by atoms with Gasteiger partial charge in [-0.25, -0.2) is 8.78 Å².